The standard InChI is InChI=1S/C20H33N5O3.HI/c1-6-21-20(24(4)15-18(26)25(7-2)8-3)23-13-12-22-19(27)16-10-9-11-17(14-16)28-5;/h9-11,14H,6-8,12-13,15H2,1-5H3,(H,21,23)(H,22,27);1H. The molecule has 1 aromatic rings. The lowest BCUT2D eigenvalue weighted by Crippen LogP contribution is -2.46. The number of rotatable bonds is 10. The average Bonchev–Trinajstić information content (AvgIpc) is 2.70. The summed E-state index contributed by atoms with van der Waals surface area (Å²) in [5, 5.41) is 6.01. The quantitative estimate of drug-likeness (QED) is 0.213. The Morgan fingerprint density at radius 1 is 1.14 bits per heavy atom. The molecule has 2 amide bonds. The number of amides is 2. The van der Waals surface area contributed by atoms with Gasteiger partial charge in [0.2, 0.25) is 5.91 Å². The van der Waals surface area contributed by atoms with Crippen molar-refractivity contribution in [1.29, 1.82) is 0 Å². The van der Waals surface area contributed by atoms with Crippen LogP contribution in [0.4, 0.5) is 0 Å². The molecule has 0 aromatic heterocycles. The molecule has 9 heteroatoms. The number of likely N-dealkylation sites (N-methyl/N-ethyl adjacent to an activating group) is 2. The van der Waals surface area contributed by atoms with Crippen LogP contribution in [0.25, 0.3) is 0 Å². The fourth-order valence-electron chi connectivity index (χ4n) is 2.62. The Bertz CT molecular complexity index is 665. The van der Waals surface area contributed by atoms with E-state index in [4.69, 9.17) is 4.74 Å². The second-order valence-electron chi connectivity index (χ2n) is 6.15. The molecule has 0 fully saturated rings. The Morgan fingerprint density at radius 2 is 1.83 bits per heavy atom. The molecule has 0 atom stereocenters. The molecule has 1 rings (SSSR count). The Balaban J connectivity index is 0.00000784. The zero-order valence-corrected chi connectivity index (χ0v) is 20.4. The Hall–Kier alpha value is -2.04. The summed E-state index contributed by atoms with van der Waals surface area (Å²) in [6, 6.07) is 6.99. The van der Waals surface area contributed by atoms with Gasteiger partial charge in [-0.05, 0) is 39.0 Å². The van der Waals surface area contributed by atoms with E-state index in [2.05, 4.69) is 15.6 Å². The molecule has 0 aliphatic heterocycles. The molecule has 0 unspecified atom stereocenters. The fraction of sp³-hybridized carbons (Fsp3) is 0.550. The van der Waals surface area contributed by atoms with E-state index in [1.165, 1.54) is 0 Å². The highest BCUT2D eigenvalue weighted by Crippen LogP contribution is 2.12. The number of hydrogen-bond acceptors (Lipinski definition) is 4. The molecule has 0 aliphatic rings. The first-order valence-corrected chi connectivity index (χ1v) is 9.66. The lowest BCUT2D eigenvalue weighted by molar-refractivity contribution is -0.131. The normalized spacial score (nSPS) is 10.6. The highest BCUT2D eigenvalue weighted by molar-refractivity contribution is 14.0. The Kier molecular flexibility index (Phi) is 13.8. The van der Waals surface area contributed by atoms with E-state index in [-0.39, 0.29) is 42.3 Å². The van der Waals surface area contributed by atoms with Gasteiger partial charge in [0.1, 0.15) is 5.75 Å². The average molecular weight is 519 g/mol. The van der Waals surface area contributed by atoms with Crippen molar-refractivity contribution in [3.8, 4) is 5.75 Å². The van der Waals surface area contributed by atoms with Crippen molar-refractivity contribution in [2.75, 3.05) is 53.4 Å². The minimum atomic E-state index is -0.177. The van der Waals surface area contributed by atoms with E-state index in [1.807, 2.05) is 27.8 Å². The highest BCUT2D eigenvalue weighted by atomic mass is 127. The van der Waals surface area contributed by atoms with Crippen LogP contribution in [-0.4, -0.2) is 81.0 Å². The van der Waals surface area contributed by atoms with E-state index >= 15 is 0 Å². The first-order chi connectivity index (χ1) is 13.5. The van der Waals surface area contributed by atoms with Crippen LogP contribution in [0.5, 0.6) is 5.75 Å². The second-order valence-corrected chi connectivity index (χ2v) is 6.15. The zero-order chi connectivity index (χ0) is 20.9. The van der Waals surface area contributed by atoms with E-state index < -0.39 is 0 Å². The summed E-state index contributed by atoms with van der Waals surface area (Å²) in [4.78, 5) is 32.6. The third-order valence-corrected chi connectivity index (χ3v) is 4.18. The molecule has 0 saturated heterocycles. The lowest BCUT2D eigenvalue weighted by atomic mass is 10.2. The maximum atomic E-state index is 12.3. The molecule has 0 bridgehead atoms. The van der Waals surface area contributed by atoms with Gasteiger partial charge in [0.15, 0.2) is 5.96 Å². The summed E-state index contributed by atoms with van der Waals surface area (Å²) in [6.45, 7) is 9.02. The van der Waals surface area contributed by atoms with Gasteiger partial charge in [-0.25, -0.2) is 0 Å². The second kappa shape index (κ2) is 14.9. The molecule has 29 heavy (non-hydrogen) atoms. The summed E-state index contributed by atoms with van der Waals surface area (Å²) in [7, 11) is 3.40. The minimum Gasteiger partial charge on any atom is -0.497 e. The number of benzene rings is 1. The van der Waals surface area contributed by atoms with Crippen LogP contribution in [-0.2, 0) is 4.79 Å². The van der Waals surface area contributed by atoms with Crippen LogP contribution in [0.3, 0.4) is 0 Å². The SMILES string of the molecule is CCNC(=NCCNC(=O)c1cccc(OC)c1)N(C)CC(=O)N(CC)CC.I. The molecule has 0 heterocycles. The summed E-state index contributed by atoms with van der Waals surface area (Å²) < 4.78 is 5.13. The van der Waals surface area contributed by atoms with Gasteiger partial charge < -0.3 is 25.2 Å². The van der Waals surface area contributed by atoms with E-state index in [0.29, 0.717) is 50.0 Å². The van der Waals surface area contributed by atoms with Crippen molar-refractivity contribution in [3.63, 3.8) is 0 Å². The Morgan fingerprint density at radius 3 is 2.41 bits per heavy atom. The van der Waals surface area contributed by atoms with Crippen LogP contribution in [0.2, 0.25) is 0 Å². The molecule has 2 N–H and O–H groups in total. The van der Waals surface area contributed by atoms with Crippen LogP contribution in [0, 0.1) is 0 Å². The van der Waals surface area contributed by atoms with Crippen molar-refractivity contribution in [3.05, 3.63) is 29.8 Å². The molecule has 0 saturated carbocycles. The van der Waals surface area contributed by atoms with Gasteiger partial charge in [-0.3, -0.25) is 14.6 Å². The van der Waals surface area contributed by atoms with Gasteiger partial charge in [-0.1, -0.05) is 6.07 Å². The molecule has 0 aliphatic carbocycles. The number of nitrogens with one attached hydrogen (secondary N) is 2. The van der Waals surface area contributed by atoms with Gasteiger partial charge in [-0.15, -0.1) is 24.0 Å². The van der Waals surface area contributed by atoms with Gasteiger partial charge in [0, 0.05) is 38.8 Å². The molecule has 8 nitrogen and oxygen atoms in total. The van der Waals surface area contributed by atoms with Crippen LogP contribution in [0.15, 0.2) is 29.3 Å². The van der Waals surface area contributed by atoms with Crippen molar-refractivity contribution >= 4 is 41.8 Å². The van der Waals surface area contributed by atoms with Crippen molar-refractivity contribution < 1.29 is 14.3 Å². The summed E-state index contributed by atoms with van der Waals surface area (Å²) in [5.41, 5.74) is 0.539. The molecule has 1 aromatic carbocycles. The first-order valence-electron chi connectivity index (χ1n) is 9.66. The predicted molar refractivity (Wildman–Crippen MR) is 127 cm³/mol. The zero-order valence-electron chi connectivity index (χ0n) is 18.0. The minimum absolute atomic E-state index is 0. The van der Waals surface area contributed by atoms with E-state index in [1.54, 1.807) is 41.2 Å². The summed E-state index contributed by atoms with van der Waals surface area (Å²) in [6.07, 6.45) is 0. The number of carbonyl (C=O) groups excluding carboxylic acids is 2. The topological polar surface area (TPSA) is 86.3 Å². The number of ether oxygens (including phenoxy) is 1. The van der Waals surface area contributed by atoms with E-state index in [0.717, 1.165) is 0 Å². The van der Waals surface area contributed by atoms with Crippen LogP contribution < -0.4 is 15.4 Å². The van der Waals surface area contributed by atoms with Crippen molar-refractivity contribution in [2.45, 2.75) is 20.8 Å². The van der Waals surface area contributed by atoms with Crippen molar-refractivity contribution in [2.24, 2.45) is 4.99 Å². The van der Waals surface area contributed by atoms with Crippen LogP contribution in [0.1, 0.15) is 31.1 Å². The third-order valence-electron chi connectivity index (χ3n) is 4.18. The lowest BCUT2D eigenvalue weighted by Gasteiger charge is -2.25. The largest absolute Gasteiger partial charge is 0.497 e. The number of hydrogen-bond donors (Lipinski definition) is 2. The van der Waals surface area contributed by atoms with Gasteiger partial charge in [0.25, 0.3) is 5.91 Å². The number of guanidine groups is 1. The van der Waals surface area contributed by atoms with Gasteiger partial charge >= 0.3 is 0 Å². The molecule has 0 spiro atoms. The number of carbonyl (C=O) groups is 2. The number of nitrogens with zero attached hydrogens (tertiary/aromatic N) is 3. The summed E-state index contributed by atoms with van der Waals surface area (Å²) in [5.74, 6) is 1.16. The van der Waals surface area contributed by atoms with E-state index in [9.17, 15) is 9.59 Å². The molecule has 0 radical (unpaired) electrons. The molecular formula is C20H34IN5O3. The highest BCUT2D eigenvalue weighted by Gasteiger charge is 2.15. The fourth-order valence-corrected chi connectivity index (χ4v) is 2.62. The summed E-state index contributed by atoms with van der Waals surface area (Å²) >= 11 is 0. The number of methoxy groups -OCH3 is 1. The molecule has 164 valence electrons. The number of halogens is 1. The Labute approximate surface area is 191 Å². The maximum Gasteiger partial charge on any atom is 0.251 e. The monoisotopic (exact) mass is 519 g/mol. The predicted octanol–water partition coefficient (Wildman–Crippen LogP) is 1.81. The molecular weight excluding hydrogens is 485 g/mol. The maximum absolute atomic E-state index is 12.3. The smallest absolute Gasteiger partial charge is 0.251 e. The van der Waals surface area contributed by atoms with Crippen LogP contribution >= 0.6 is 24.0 Å². The first kappa shape index (κ1) is 27.0. The van der Waals surface area contributed by atoms with Gasteiger partial charge in [0.05, 0.1) is 20.2 Å². The van der Waals surface area contributed by atoms with Crippen molar-refractivity contribution in [1.82, 2.24) is 20.4 Å². The third kappa shape index (κ3) is 9.33. The van der Waals surface area contributed by atoms with Gasteiger partial charge in [-0.2, -0.15) is 0 Å². The number of aliphatic imine (C=N–C) groups is 1.